The van der Waals surface area contributed by atoms with Gasteiger partial charge in [0.05, 0.1) is 4.88 Å². The van der Waals surface area contributed by atoms with E-state index in [4.69, 9.17) is 0 Å². The number of rotatable bonds is 4. The summed E-state index contributed by atoms with van der Waals surface area (Å²) in [6.45, 7) is -1.21. The maximum absolute atomic E-state index is 13.9. The van der Waals surface area contributed by atoms with Crippen molar-refractivity contribution in [2.75, 3.05) is 5.32 Å². The van der Waals surface area contributed by atoms with Gasteiger partial charge in [-0.3, -0.25) is 4.79 Å². The Morgan fingerprint density at radius 1 is 1.17 bits per heavy atom. The van der Waals surface area contributed by atoms with Gasteiger partial charge in [-0.25, -0.2) is 4.39 Å². The van der Waals surface area contributed by atoms with Crippen LogP contribution in [0, 0.1) is 12.7 Å². The third-order valence-electron chi connectivity index (χ3n) is 3.45. The summed E-state index contributed by atoms with van der Waals surface area (Å²) in [5, 5.41) is 3.10. The molecule has 0 aliphatic rings. The molecule has 3 aromatic rings. The Labute approximate surface area is 139 Å². The van der Waals surface area contributed by atoms with Crippen molar-refractivity contribution in [3.63, 3.8) is 0 Å². The predicted octanol–water partition coefficient (Wildman–Crippen LogP) is 5.20. The van der Waals surface area contributed by atoms with Gasteiger partial charge in [0.15, 0.2) is 0 Å². The van der Waals surface area contributed by atoms with E-state index < -0.39 is 6.61 Å². The zero-order chi connectivity index (χ0) is 17.3. The average Bonchev–Trinajstić information content (AvgIpc) is 2.87. The van der Waals surface area contributed by atoms with Gasteiger partial charge in [-0.05, 0) is 48.9 Å². The molecule has 0 unspecified atom stereocenters. The minimum absolute atomic E-state index is 0.00288. The highest BCUT2D eigenvalue weighted by atomic mass is 32.1. The van der Waals surface area contributed by atoms with Crippen LogP contribution in [0.2, 0.25) is 0 Å². The summed E-state index contributed by atoms with van der Waals surface area (Å²) < 4.78 is 43.1. The van der Waals surface area contributed by atoms with Crippen molar-refractivity contribution in [3.05, 3.63) is 58.7 Å². The van der Waals surface area contributed by atoms with Crippen LogP contribution in [0.5, 0.6) is 5.75 Å². The van der Waals surface area contributed by atoms with Crippen molar-refractivity contribution in [2.45, 2.75) is 13.5 Å². The van der Waals surface area contributed by atoms with Gasteiger partial charge >= 0.3 is 6.61 Å². The molecule has 0 aliphatic heterocycles. The van der Waals surface area contributed by atoms with Gasteiger partial charge in [-0.1, -0.05) is 6.07 Å². The minimum Gasteiger partial charge on any atom is -0.435 e. The average molecular weight is 351 g/mol. The molecule has 24 heavy (non-hydrogen) atoms. The lowest BCUT2D eigenvalue weighted by Gasteiger charge is -2.07. The standard InChI is InChI=1S/C17H12F3NO2S/c1-9-14-12(18)3-2-4-13(14)24-15(9)16(22)21-10-5-7-11(8-6-10)23-17(19)20/h2-8,17H,1H3,(H,21,22). The molecule has 1 amide bonds. The summed E-state index contributed by atoms with van der Waals surface area (Å²) in [6.07, 6.45) is 0. The maximum Gasteiger partial charge on any atom is 0.387 e. The summed E-state index contributed by atoms with van der Waals surface area (Å²) >= 11 is 1.20. The number of benzene rings is 2. The molecule has 0 atom stereocenters. The molecule has 0 saturated heterocycles. The van der Waals surface area contributed by atoms with Gasteiger partial charge in [0, 0.05) is 15.8 Å². The van der Waals surface area contributed by atoms with Crippen molar-refractivity contribution in [3.8, 4) is 5.75 Å². The number of alkyl halides is 2. The largest absolute Gasteiger partial charge is 0.435 e. The van der Waals surface area contributed by atoms with E-state index in [1.54, 1.807) is 19.1 Å². The van der Waals surface area contributed by atoms with Crippen molar-refractivity contribution >= 4 is 33.0 Å². The molecule has 0 fully saturated rings. The zero-order valence-electron chi connectivity index (χ0n) is 12.5. The van der Waals surface area contributed by atoms with E-state index in [0.29, 0.717) is 26.2 Å². The molecule has 124 valence electrons. The highest BCUT2D eigenvalue weighted by Gasteiger charge is 2.18. The monoisotopic (exact) mass is 351 g/mol. The molecule has 3 nitrogen and oxygen atoms in total. The van der Waals surface area contributed by atoms with E-state index >= 15 is 0 Å². The van der Waals surface area contributed by atoms with E-state index in [9.17, 15) is 18.0 Å². The highest BCUT2D eigenvalue weighted by molar-refractivity contribution is 7.21. The van der Waals surface area contributed by atoms with Crippen LogP contribution in [-0.4, -0.2) is 12.5 Å². The summed E-state index contributed by atoms with van der Waals surface area (Å²) in [5.41, 5.74) is 1.00. The SMILES string of the molecule is Cc1c(C(=O)Nc2ccc(OC(F)F)cc2)sc2cccc(F)c12. The number of nitrogens with one attached hydrogen (secondary N) is 1. The van der Waals surface area contributed by atoms with Crippen LogP contribution in [0.4, 0.5) is 18.9 Å². The second-order valence-electron chi connectivity index (χ2n) is 5.03. The molecular weight excluding hydrogens is 339 g/mol. The Bertz CT molecular complexity index is 891. The minimum atomic E-state index is -2.90. The van der Waals surface area contributed by atoms with Crippen LogP contribution in [0.1, 0.15) is 15.2 Å². The van der Waals surface area contributed by atoms with Crippen molar-refractivity contribution in [1.82, 2.24) is 0 Å². The number of hydrogen-bond acceptors (Lipinski definition) is 3. The molecule has 0 aliphatic carbocycles. The molecule has 0 bridgehead atoms. The molecule has 2 aromatic carbocycles. The number of carbonyl (C=O) groups excluding carboxylic acids is 1. The molecule has 1 heterocycles. The zero-order valence-corrected chi connectivity index (χ0v) is 13.3. The molecule has 1 N–H and O–H groups in total. The fraction of sp³-hybridized carbons (Fsp3) is 0.118. The number of fused-ring (bicyclic) bond motifs is 1. The van der Waals surface area contributed by atoms with E-state index in [0.717, 1.165) is 0 Å². The summed E-state index contributed by atoms with van der Waals surface area (Å²) in [6, 6.07) is 10.3. The lowest BCUT2D eigenvalue weighted by atomic mass is 10.1. The number of anilines is 1. The Morgan fingerprint density at radius 3 is 2.50 bits per heavy atom. The van der Waals surface area contributed by atoms with Crippen LogP contribution in [-0.2, 0) is 0 Å². The van der Waals surface area contributed by atoms with Gasteiger partial charge < -0.3 is 10.1 Å². The normalized spacial score (nSPS) is 11.0. The lowest BCUT2D eigenvalue weighted by Crippen LogP contribution is -2.11. The number of thiophene rings is 1. The molecule has 7 heteroatoms. The smallest absolute Gasteiger partial charge is 0.387 e. The van der Waals surface area contributed by atoms with Gasteiger partial charge in [0.2, 0.25) is 0 Å². The number of ether oxygens (including phenoxy) is 1. The van der Waals surface area contributed by atoms with Crippen LogP contribution in [0.3, 0.4) is 0 Å². The number of halogens is 3. The second kappa shape index (κ2) is 6.52. The number of carbonyl (C=O) groups is 1. The van der Waals surface area contributed by atoms with Crippen molar-refractivity contribution < 1.29 is 22.7 Å². The van der Waals surface area contributed by atoms with E-state index in [-0.39, 0.29) is 17.5 Å². The Kier molecular flexibility index (Phi) is 4.44. The lowest BCUT2D eigenvalue weighted by molar-refractivity contribution is -0.0498. The fourth-order valence-electron chi connectivity index (χ4n) is 2.38. The first-order chi connectivity index (χ1) is 11.5. The molecule has 3 rings (SSSR count). The van der Waals surface area contributed by atoms with Crippen LogP contribution < -0.4 is 10.1 Å². The van der Waals surface area contributed by atoms with Crippen LogP contribution >= 0.6 is 11.3 Å². The number of hydrogen-bond donors (Lipinski definition) is 1. The van der Waals surface area contributed by atoms with Crippen molar-refractivity contribution in [2.24, 2.45) is 0 Å². The first-order valence-electron chi connectivity index (χ1n) is 6.99. The summed E-state index contributed by atoms with van der Waals surface area (Å²) in [5.74, 6) is -0.743. The molecule has 0 radical (unpaired) electrons. The van der Waals surface area contributed by atoms with E-state index in [1.807, 2.05) is 0 Å². The third-order valence-corrected chi connectivity index (χ3v) is 4.70. The van der Waals surface area contributed by atoms with Gasteiger partial charge in [-0.2, -0.15) is 8.78 Å². The number of aryl methyl sites for hydroxylation is 1. The second-order valence-corrected chi connectivity index (χ2v) is 6.08. The fourth-order valence-corrected chi connectivity index (χ4v) is 3.50. The quantitative estimate of drug-likeness (QED) is 0.701. The Balaban J connectivity index is 1.82. The Morgan fingerprint density at radius 2 is 1.88 bits per heavy atom. The van der Waals surface area contributed by atoms with Gasteiger partial charge in [0.25, 0.3) is 5.91 Å². The van der Waals surface area contributed by atoms with E-state index in [1.165, 1.54) is 41.7 Å². The molecule has 0 saturated carbocycles. The van der Waals surface area contributed by atoms with Crippen LogP contribution in [0.25, 0.3) is 10.1 Å². The molecule has 0 spiro atoms. The molecular formula is C17H12F3NO2S. The van der Waals surface area contributed by atoms with Crippen LogP contribution in [0.15, 0.2) is 42.5 Å². The van der Waals surface area contributed by atoms with Gasteiger partial charge in [-0.15, -0.1) is 11.3 Å². The van der Waals surface area contributed by atoms with E-state index in [2.05, 4.69) is 10.1 Å². The number of amides is 1. The van der Waals surface area contributed by atoms with Crippen molar-refractivity contribution in [1.29, 1.82) is 0 Å². The van der Waals surface area contributed by atoms with Gasteiger partial charge in [0.1, 0.15) is 11.6 Å². The Hall–Kier alpha value is -2.54. The summed E-state index contributed by atoms with van der Waals surface area (Å²) in [7, 11) is 0. The third kappa shape index (κ3) is 3.21. The summed E-state index contributed by atoms with van der Waals surface area (Å²) in [4.78, 5) is 12.8. The predicted molar refractivity (Wildman–Crippen MR) is 87.5 cm³/mol. The maximum atomic E-state index is 13.9. The first kappa shape index (κ1) is 16.3. The first-order valence-corrected chi connectivity index (χ1v) is 7.81. The highest BCUT2D eigenvalue weighted by Crippen LogP contribution is 2.33. The topological polar surface area (TPSA) is 38.3 Å². The molecule has 1 aromatic heterocycles.